The highest BCUT2D eigenvalue weighted by Crippen LogP contribution is 2.23. The van der Waals surface area contributed by atoms with E-state index in [1.165, 1.54) is 23.6 Å². The minimum Gasteiger partial charge on any atom is -0.334 e. The summed E-state index contributed by atoms with van der Waals surface area (Å²) < 4.78 is 14.2. The number of carbonyl (C=O) groups is 1. The zero-order valence-corrected chi connectivity index (χ0v) is 11.8. The summed E-state index contributed by atoms with van der Waals surface area (Å²) in [6, 6.07) is 6.63. The normalized spacial score (nSPS) is 10.5. The van der Waals surface area contributed by atoms with Gasteiger partial charge in [-0.15, -0.1) is 11.3 Å². The first kappa shape index (κ1) is 14.0. The summed E-state index contributed by atoms with van der Waals surface area (Å²) in [4.78, 5) is 18.2. The molecule has 2 aromatic rings. The molecule has 0 aromatic carbocycles. The highest BCUT2D eigenvalue weighted by atomic mass is 35.5. The van der Waals surface area contributed by atoms with E-state index < -0.39 is 5.95 Å². The van der Waals surface area contributed by atoms with E-state index in [0.29, 0.717) is 17.4 Å². The zero-order chi connectivity index (χ0) is 13.8. The van der Waals surface area contributed by atoms with Crippen molar-refractivity contribution >= 4 is 28.8 Å². The van der Waals surface area contributed by atoms with E-state index in [9.17, 15) is 9.18 Å². The summed E-state index contributed by atoms with van der Waals surface area (Å²) >= 11 is 7.26. The van der Waals surface area contributed by atoms with E-state index in [0.717, 1.165) is 4.88 Å². The Morgan fingerprint density at radius 1 is 1.47 bits per heavy atom. The quantitative estimate of drug-likeness (QED) is 0.808. The van der Waals surface area contributed by atoms with Crippen molar-refractivity contribution in [1.82, 2.24) is 9.88 Å². The molecule has 0 unspecified atom stereocenters. The minimum absolute atomic E-state index is 0.00740. The van der Waals surface area contributed by atoms with Crippen molar-refractivity contribution in [2.75, 3.05) is 6.54 Å². The molecule has 6 heteroatoms. The molecule has 2 heterocycles. The van der Waals surface area contributed by atoms with Gasteiger partial charge >= 0.3 is 0 Å². The summed E-state index contributed by atoms with van der Waals surface area (Å²) in [5.41, 5.74) is -0.00740. The van der Waals surface area contributed by atoms with Crippen molar-refractivity contribution in [1.29, 1.82) is 0 Å². The van der Waals surface area contributed by atoms with Crippen LogP contribution in [0.15, 0.2) is 30.5 Å². The molecule has 0 bridgehead atoms. The van der Waals surface area contributed by atoms with Crippen LogP contribution in [0.3, 0.4) is 0 Å². The molecule has 0 N–H and O–H groups in total. The third-order valence-corrected chi connectivity index (χ3v) is 3.85. The summed E-state index contributed by atoms with van der Waals surface area (Å²) in [5, 5.41) is 0. The van der Waals surface area contributed by atoms with Gasteiger partial charge in [-0.25, -0.2) is 4.98 Å². The van der Waals surface area contributed by atoms with Crippen molar-refractivity contribution in [2.24, 2.45) is 0 Å². The number of halogens is 2. The molecule has 2 aromatic heterocycles. The first-order valence-corrected chi connectivity index (χ1v) is 6.95. The van der Waals surface area contributed by atoms with E-state index in [1.54, 1.807) is 17.0 Å². The van der Waals surface area contributed by atoms with Gasteiger partial charge in [-0.05, 0) is 31.2 Å². The van der Waals surface area contributed by atoms with Crippen LogP contribution >= 0.6 is 22.9 Å². The fourth-order valence-corrected chi connectivity index (χ4v) is 2.77. The van der Waals surface area contributed by atoms with Gasteiger partial charge in [0.15, 0.2) is 0 Å². The number of hydrogen-bond acceptors (Lipinski definition) is 3. The average molecular weight is 299 g/mol. The van der Waals surface area contributed by atoms with Crippen LogP contribution in [0.5, 0.6) is 0 Å². The number of nitrogens with zero attached hydrogens (tertiary/aromatic N) is 2. The Labute approximate surface area is 119 Å². The van der Waals surface area contributed by atoms with E-state index in [2.05, 4.69) is 4.98 Å². The predicted octanol–water partition coefficient (Wildman–Crippen LogP) is 3.60. The Balaban J connectivity index is 2.18. The Bertz CT molecular complexity index is 588. The fraction of sp³-hybridized carbons (Fsp3) is 0.231. The molecule has 0 saturated heterocycles. The molecule has 0 aliphatic rings. The third kappa shape index (κ3) is 3.30. The lowest BCUT2D eigenvalue weighted by Gasteiger charge is -2.20. The molecule has 0 atom stereocenters. The molecule has 0 saturated carbocycles. The molecule has 0 aliphatic carbocycles. The second-order valence-corrected chi connectivity index (χ2v) is 5.67. The maximum atomic E-state index is 13.5. The number of thiophene rings is 1. The van der Waals surface area contributed by atoms with Crippen LogP contribution in [0.4, 0.5) is 4.39 Å². The first-order chi connectivity index (χ1) is 9.11. The van der Waals surface area contributed by atoms with Crippen LogP contribution in [-0.4, -0.2) is 22.3 Å². The van der Waals surface area contributed by atoms with Crippen molar-refractivity contribution < 1.29 is 9.18 Å². The predicted molar refractivity (Wildman–Crippen MR) is 73.9 cm³/mol. The lowest BCUT2D eigenvalue weighted by atomic mass is 10.2. The number of pyridine rings is 1. The van der Waals surface area contributed by atoms with Gasteiger partial charge in [0.2, 0.25) is 5.95 Å². The van der Waals surface area contributed by atoms with Gasteiger partial charge in [-0.1, -0.05) is 11.6 Å². The maximum Gasteiger partial charge on any atom is 0.258 e. The third-order valence-electron chi connectivity index (χ3n) is 2.63. The van der Waals surface area contributed by atoms with Crippen LogP contribution in [0.1, 0.15) is 22.2 Å². The molecule has 19 heavy (non-hydrogen) atoms. The van der Waals surface area contributed by atoms with E-state index in [4.69, 9.17) is 11.6 Å². The van der Waals surface area contributed by atoms with Crippen molar-refractivity contribution in [3.63, 3.8) is 0 Å². The van der Waals surface area contributed by atoms with Crippen LogP contribution < -0.4 is 0 Å². The van der Waals surface area contributed by atoms with Crippen LogP contribution in [0.25, 0.3) is 0 Å². The smallest absolute Gasteiger partial charge is 0.258 e. The van der Waals surface area contributed by atoms with E-state index >= 15 is 0 Å². The fourth-order valence-electron chi connectivity index (χ4n) is 1.67. The summed E-state index contributed by atoms with van der Waals surface area (Å²) in [6.45, 7) is 2.76. The van der Waals surface area contributed by atoms with E-state index in [1.807, 2.05) is 13.0 Å². The second kappa shape index (κ2) is 6.12. The summed E-state index contributed by atoms with van der Waals surface area (Å²) in [5.74, 6) is -1.10. The second-order valence-electron chi connectivity index (χ2n) is 3.87. The van der Waals surface area contributed by atoms with Gasteiger partial charge < -0.3 is 4.90 Å². The summed E-state index contributed by atoms with van der Waals surface area (Å²) in [6.07, 6.45) is 1.32. The number of rotatable bonds is 4. The Morgan fingerprint density at radius 2 is 2.26 bits per heavy atom. The van der Waals surface area contributed by atoms with Gasteiger partial charge in [-0.3, -0.25) is 4.79 Å². The molecule has 2 rings (SSSR count). The highest BCUT2D eigenvalue weighted by molar-refractivity contribution is 7.16. The minimum atomic E-state index is -0.741. The number of amides is 1. The van der Waals surface area contributed by atoms with Crippen molar-refractivity contribution in [3.05, 3.63) is 51.2 Å². The highest BCUT2D eigenvalue weighted by Gasteiger charge is 2.19. The van der Waals surface area contributed by atoms with Gasteiger partial charge in [-0.2, -0.15) is 4.39 Å². The molecule has 0 spiro atoms. The number of aromatic nitrogens is 1. The monoisotopic (exact) mass is 298 g/mol. The topological polar surface area (TPSA) is 33.2 Å². The van der Waals surface area contributed by atoms with Gasteiger partial charge in [0.1, 0.15) is 0 Å². The molecule has 0 fully saturated rings. The molecule has 0 aliphatic heterocycles. The van der Waals surface area contributed by atoms with Crippen molar-refractivity contribution in [2.45, 2.75) is 13.5 Å². The lowest BCUT2D eigenvalue weighted by Crippen LogP contribution is -2.30. The lowest BCUT2D eigenvalue weighted by molar-refractivity contribution is 0.0748. The molecule has 100 valence electrons. The SMILES string of the molecule is CCN(Cc1ccc(Cl)s1)C(=O)c1cccnc1F. The Kier molecular flexibility index (Phi) is 4.50. The Morgan fingerprint density at radius 3 is 2.84 bits per heavy atom. The number of carbonyl (C=O) groups excluding carboxylic acids is 1. The number of hydrogen-bond donors (Lipinski definition) is 0. The zero-order valence-electron chi connectivity index (χ0n) is 10.3. The van der Waals surface area contributed by atoms with Gasteiger partial charge in [0.25, 0.3) is 5.91 Å². The maximum absolute atomic E-state index is 13.5. The van der Waals surface area contributed by atoms with Gasteiger partial charge in [0.05, 0.1) is 16.4 Å². The first-order valence-electron chi connectivity index (χ1n) is 5.75. The van der Waals surface area contributed by atoms with Gasteiger partial charge in [0, 0.05) is 17.6 Å². The molecular formula is C13H12ClFN2OS. The van der Waals surface area contributed by atoms with Crippen LogP contribution in [0, 0.1) is 5.95 Å². The van der Waals surface area contributed by atoms with Crippen LogP contribution in [-0.2, 0) is 6.54 Å². The Hall–Kier alpha value is -1.46. The standard InChI is InChI=1S/C13H12ClFN2OS/c1-2-17(8-9-5-6-11(14)19-9)13(18)10-4-3-7-16-12(10)15/h3-7H,2,8H2,1H3. The molecular weight excluding hydrogens is 287 g/mol. The molecule has 1 amide bonds. The summed E-state index contributed by atoms with van der Waals surface area (Å²) in [7, 11) is 0. The van der Waals surface area contributed by atoms with Crippen LogP contribution in [0.2, 0.25) is 4.34 Å². The molecule has 0 radical (unpaired) electrons. The largest absolute Gasteiger partial charge is 0.334 e. The van der Waals surface area contributed by atoms with Crippen molar-refractivity contribution in [3.8, 4) is 0 Å². The average Bonchev–Trinajstić information content (AvgIpc) is 2.81. The molecule has 3 nitrogen and oxygen atoms in total. The van der Waals surface area contributed by atoms with E-state index in [-0.39, 0.29) is 11.5 Å².